The Morgan fingerprint density at radius 3 is 2.65 bits per heavy atom. The minimum Gasteiger partial charge on any atom is -0.441 e. The molecule has 0 aliphatic heterocycles. The fraction of sp³-hybridized carbons (Fsp3) is 0.400. The van der Waals surface area contributed by atoms with E-state index < -0.39 is 11.6 Å². The summed E-state index contributed by atoms with van der Waals surface area (Å²) < 4.78 is 32.6. The van der Waals surface area contributed by atoms with E-state index in [0.29, 0.717) is 12.3 Å². The normalized spacial score (nSPS) is 10.9. The number of hydrogen-bond acceptors (Lipinski definition) is 3. The average molecular weight is 280 g/mol. The summed E-state index contributed by atoms with van der Waals surface area (Å²) in [5.41, 5.74) is -0.157. The predicted octanol–water partition coefficient (Wildman–Crippen LogP) is 3.55. The van der Waals surface area contributed by atoms with E-state index in [1.165, 1.54) is 24.4 Å². The van der Waals surface area contributed by atoms with Gasteiger partial charge in [0.1, 0.15) is 11.6 Å². The molecule has 0 atom stereocenters. The van der Waals surface area contributed by atoms with E-state index >= 15 is 0 Å². The average Bonchev–Trinajstić information content (AvgIpc) is 2.87. The van der Waals surface area contributed by atoms with E-state index in [2.05, 4.69) is 17.2 Å². The van der Waals surface area contributed by atoms with Gasteiger partial charge < -0.3 is 9.73 Å². The highest BCUT2D eigenvalue weighted by molar-refractivity contribution is 5.58. The van der Waals surface area contributed by atoms with Gasteiger partial charge in [-0.05, 0) is 38.1 Å². The highest BCUT2D eigenvalue weighted by atomic mass is 19.1. The van der Waals surface area contributed by atoms with Crippen molar-refractivity contribution >= 4 is 0 Å². The first-order valence-corrected chi connectivity index (χ1v) is 6.82. The Kier molecular flexibility index (Phi) is 5.24. The SMILES string of the molecule is CCCNCCCc1ncc(-c2c(F)cccc2F)o1. The third-order valence-electron chi connectivity index (χ3n) is 2.93. The van der Waals surface area contributed by atoms with Crippen LogP contribution in [0.2, 0.25) is 0 Å². The number of aryl methyl sites for hydroxylation is 1. The lowest BCUT2D eigenvalue weighted by molar-refractivity contribution is 0.484. The molecule has 1 aromatic heterocycles. The Labute approximate surface area is 117 Å². The van der Waals surface area contributed by atoms with E-state index in [4.69, 9.17) is 4.42 Å². The van der Waals surface area contributed by atoms with Gasteiger partial charge in [0.15, 0.2) is 11.7 Å². The molecule has 0 saturated carbocycles. The Morgan fingerprint density at radius 2 is 1.95 bits per heavy atom. The van der Waals surface area contributed by atoms with Gasteiger partial charge in [-0.3, -0.25) is 0 Å². The molecule has 0 bridgehead atoms. The standard InChI is InChI=1S/C15H18F2N2O/c1-2-8-18-9-4-7-14-19-10-13(20-14)15-11(16)5-3-6-12(15)17/h3,5-6,10,18H,2,4,7-9H2,1H3. The second kappa shape index (κ2) is 7.14. The smallest absolute Gasteiger partial charge is 0.194 e. The zero-order chi connectivity index (χ0) is 14.4. The zero-order valence-electron chi connectivity index (χ0n) is 11.5. The van der Waals surface area contributed by atoms with Crippen molar-refractivity contribution in [3.05, 3.63) is 41.9 Å². The lowest BCUT2D eigenvalue weighted by Crippen LogP contribution is -2.16. The molecule has 3 nitrogen and oxygen atoms in total. The summed E-state index contributed by atoms with van der Waals surface area (Å²) in [6.45, 7) is 3.97. The van der Waals surface area contributed by atoms with E-state index in [1.54, 1.807) is 0 Å². The van der Waals surface area contributed by atoms with Crippen molar-refractivity contribution in [2.45, 2.75) is 26.2 Å². The van der Waals surface area contributed by atoms with Gasteiger partial charge in [0, 0.05) is 6.42 Å². The molecule has 1 aromatic carbocycles. The molecule has 0 spiro atoms. The molecule has 108 valence electrons. The fourth-order valence-electron chi connectivity index (χ4n) is 1.94. The molecule has 0 unspecified atom stereocenters. The Balaban J connectivity index is 1.98. The molecule has 0 fully saturated rings. The van der Waals surface area contributed by atoms with Gasteiger partial charge in [0.25, 0.3) is 0 Å². The molecule has 0 aliphatic rings. The van der Waals surface area contributed by atoms with Crippen LogP contribution in [0.15, 0.2) is 28.8 Å². The number of benzene rings is 1. The number of nitrogens with one attached hydrogen (secondary N) is 1. The molecule has 2 aromatic rings. The highest BCUT2D eigenvalue weighted by Crippen LogP contribution is 2.26. The van der Waals surface area contributed by atoms with E-state index in [9.17, 15) is 8.78 Å². The third-order valence-corrected chi connectivity index (χ3v) is 2.93. The summed E-state index contributed by atoms with van der Waals surface area (Å²) in [4.78, 5) is 4.06. The first-order valence-electron chi connectivity index (χ1n) is 6.82. The molecule has 0 amide bonds. The summed E-state index contributed by atoms with van der Waals surface area (Å²) in [6.07, 6.45) is 3.98. The van der Waals surface area contributed by atoms with Gasteiger partial charge in [-0.1, -0.05) is 13.0 Å². The molecule has 1 N–H and O–H groups in total. The van der Waals surface area contributed by atoms with Crippen LogP contribution in [0.3, 0.4) is 0 Å². The molecule has 1 heterocycles. The maximum atomic E-state index is 13.6. The summed E-state index contributed by atoms with van der Waals surface area (Å²) in [5, 5.41) is 3.27. The van der Waals surface area contributed by atoms with Crippen molar-refractivity contribution in [3.63, 3.8) is 0 Å². The van der Waals surface area contributed by atoms with Crippen LogP contribution in [-0.4, -0.2) is 18.1 Å². The Hall–Kier alpha value is -1.75. The van der Waals surface area contributed by atoms with Gasteiger partial charge in [-0.2, -0.15) is 0 Å². The second-order valence-corrected chi connectivity index (χ2v) is 4.57. The molecule has 0 saturated heterocycles. The van der Waals surface area contributed by atoms with E-state index in [1.807, 2.05) is 0 Å². The van der Waals surface area contributed by atoms with Crippen LogP contribution < -0.4 is 5.32 Å². The van der Waals surface area contributed by atoms with Crippen molar-refractivity contribution < 1.29 is 13.2 Å². The van der Waals surface area contributed by atoms with Gasteiger partial charge >= 0.3 is 0 Å². The van der Waals surface area contributed by atoms with Gasteiger partial charge in [-0.25, -0.2) is 13.8 Å². The van der Waals surface area contributed by atoms with Crippen LogP contribution in [0.1, 0.15) is 25.7 Å². The monoisotopic (exact) mass is 280 g/mol. The number of rotatable bonds is 7. The van der Waals surface area contributed by atoms with Crippen LogP contribution in [0.5, 0.6) is 0 Å². The Bertz CT molecular complexity index is 534. The third kappa shape index (κ3) is 3.63. The fourth-order valence-corrected chi connectivity index (χ4v) is 1.94. The molecule has 0 aliphatic carbocycles. The lowest BCUT2D eigenvalue weighted by Gasteiger charge is -2.01. The molecule has 5 heteroatoms. The van der Waals surface area contributed by atoms with Crippen molar-refractivity contribution in [2.75, 3.05) is 13.1 Å². The second-order valence-electron chi connectivity index (χ2n) is 4.57. The molecular formula is C15H18F2N2O. The minimum atomic E-state index is -0.641. The zero-order valence-corrected chi connectivity index (χ0v) is 11.5. The van der Waals surface area contributed by atoms with Crippen LogP contribution in [0, 0.1) is 11.6 Å². The summed E-state index contributed by atoms with van der Waals surface area (Å²) in [5.74, 6) is -0.646. The van der Waals surface area contributed by atoms with Crippen molar-refractivity contribution in [2.24, 2.45) is 0 Å². The number of halogens is 2. The van der Waals surface area contributed by atoms with E-state index in [0.717, 1.165) is 25.9 Å². The van der Waals surface area contributed by atoms with Crippen molar-refractivity contribution in [1.29, 1.82) is 0 Å². The van der Waals surface area contributed by atoms with Gasteiger partial charge in [-0.15, -0.1) is 0 Å². The highest BCUT2D eigenvalue weighted by Gasteiger charge is 2.15. The first kappa shape index (κ1) is 14.7. The molecular weight excluding hydrogens is 262 g/mol. The van der Waals surface area contributed by atoms with Crippen LogP contribution in [0.4, 0.5) is 8.78 Å². The Morgan fingerprint density at radius 1 is 1.20 bits per heavy atom. The van der Waals surface area contributed by atoms with Crippen LogP contribution in [-0.2, 0) is 6.42 Å². The van der Waals surface area contributed by atoms with Crippen LogP contribution >= 0.6 is 0 Å². The van der Waals surface area contributed by atoms with E-state index in [-0.39, 0.29) is 11.3 Å². The summed E-state index contributed by atoms with van der Waals surface area (Å²) >= 11 is 0. The van der Waals surface area contributed by atoms with Gasteiger partial charge in [0.2, 0.25) is 0 Å². The van der Waals surface area contributed by atoms with Crippen molar-refractivity contribution in [3.8, 4) is 11.3 Å². The van der Waals surface area contributed by atoms with Gasteiger partial charge in [0.05, 0.1) is 11.8 Å². The molecule has 20 heavy (non-hydrogen) atoms. The predicted molar refractivity (Wildman–Crippen MR) is 73.3 cm³/mol. The van der Waals surface area contributed by atoms with Crippen LogP contribution in [0.25, 0.3) is 11.3 Å². The quantitative estimate of drug-likeness (QED) is 0.788. The van der Waals surface area contributed by atoms with Crippen molar-refractivity contribution in [1.82, 2.24) is 10.3 Å². The summed E-state index contributed by atoms with van der Waals surface area (Å²) in [7, 11) is 0. The first-order chi connectivity index (χ1) is 9.72. The largest absolute Gasteiger partial charge is 0.441 e. The lowest BCUT2D eigenvalue weighted by atomic mass is 10.1. The number of aromatic nitrogens is 1. The maximum absolute atomic E-state index is 13.6. The minimum absolute atomic E-state index is 0.136. The maximum Gasteiger partial charge on any atom is 0.194 e. The summed E-state index contributed by atoms with van der Waals surface area (Å²) in [6, 6.07) is 3.73. The number of hydrogen-bond donors (Lipinski definition) is 1. The number of oxazole rings is 1. The molecule has 0 radical (unpaired) electrons. The topological polar surface area (TPSA) is 38.1 Å². The molecule has 2 rings (SSSR count). The number of nitrogens with zero attached hydrogens (tertiary/aromatic N) is 1.